The Labute approximate surface area is 113 Å². The highest BCUT2D eigenvalue weighted by atomic mass is 32.2. The fraction of sp³-hybridized carbons (Fsp3) is 1.00. The van der Waals surface area contributed by atoms with Gasteiger partial charge in [-0.15, -0.1) is 0 Å². The molecular weight excluding hydrogens is 226 g/mol. The molecule has 0 atom stereocenters. The fourth-order valence-electron chi connectivity index (χ4n) is 2.76. The van der Waals surface area contributed by atoms with Gasteiger partial charge in [0.2, 0.25) is 0 Å². The maximum absolute atomic E-state index is 3.86. The van der Waals surface area contributed by atoms with Crippen molar-refractivity contribution in [3.8, 4) is 0 Å². The van der Waals surface area contributed by atoms with E-state index in [9.17, 15) is 0 Å². The maximum Gasteiger partial charge on any atom is 0.0281 e. The summed E-state index contributed by atoms with van der Waals surface area (Å²) in [5, 5.41) is 3.86. The molecule has 1 aliphatic carbocycles. The standard InChI is InChI=1S/C15H31NS/c1-12(2)9-14(10-13(3)4)16-11-15(17-5)7-6-8-15/h12-14,16H,6-11H2,1-5H3. The van der Waals surface area contributed by atoms with Crippen molar-refractivity contribution in [2.24, 2.45) is 11.8 Å². The van der Waals surface area contributed by atoms with E-state index in [0.717, 1.165) is 17.9 Å². The highest BCUT2D eigenvalue weighted by Crippen LogP contribution is 2.42. The average Bonchev–Trinajstić information content (AvgIpc) is 2.14. The summed E-state index contributed by atoms with van der Waals surface area (Å²) in [6.45, 7) is 10.6. The van der Waals surface area contributed by atoms with Gasteiger partial charge in [0.25, 0.3) is 0 Å². The summed E-state index contributed by atoms with van der Waals surface area (Å²) in [5.74, 6) is 1.61. The first-order chi connectivity index (χ1) is 7.97. The topological polar surface area (TPSA) is 12.0 Å². The van der Waals surface area contributed by atoms with Crippen molar-refractivity contribution in [3.63, 3.8) is 0 Å². The predicted molar refractivity (Wildman–Crippen MR) is 80.8 cm³/mol. The Morgan fingerprint density at radius 3 is 1.88 bits per heavy atom. The number of rotatable bonds is 8. The molecule has 0 bridgehead atoms. The lowest BCUT2D eigenvalue weighted by atomic mass is 9.83. The molecule has 2 heteroatoms. The first-order valence-electron chi connectivity index (χ1n) is 7.26. The van der Waals surface area contributed by atoms with Crippen molar-refractivity contribution in [1.29, 1.82) is 0 Å². The van der Waals surface area contributed by atoms with Crippen LogP contribution < -0.4 is 5.32 Å². The van der Waals surface area contributed by atoms with Crippen LogP contribution in [-0.4, -0.2) is 23.6 Å². The second kappa shape index (κ2) is 7.04. The van der Waals surface area contributed by atoms with Gasteiger partial charge in [0.05, 0.1) is 0 Å². The zero-order valence-electron chi connectivity index (χ0n) is 12.4. The molecule has 0 radical (unpaired) electrons. The van der Waals surface area contributed by atoms with Gasteiger partial charge in [-0.05, 0) is 43.8 Å². The first-order valence-corrected chi connectivity index (χ1v) is 8.48. The summed E-state index contributed by atoms with van der Waals surface area (Å²) in [6, 6.07) is 0.722. The number of nitrogens with one attached hydrogen (secondary N) is 1. The van der Waals surface area contributed by atoms with E-state index in [1.54, 1.807) is 0 Å². The zero-order valence-corrected chi connectivity index (χ0v) is 13.2. The SMILES string of the molecule is CSC1(CNC(CC(C)C)CC(C)C)CCC1. The van der Waals surface area contributed by atoms with E-state index in [-0.39, 0.29) is 0 Å². The Hall–Kier alpha value is 0.310. The van der Waals surface area contributed by atoms with Gasteiger partial charge in [0.15, 0.2) is 0 Å². The highest BCUT2D eigenvalue weighted by molar-refractivity contribution is 8.00. The largest absolute Gasteiger partial charge is 0.313 e. The molecule has 0 aromatic carbocycles. The summed E-state index contributed by atoms with van der Waals surface area (Å²) in [5.41, 5.74) is 0. The van der Waals surface area contributed by atoms with E-state index in [0.29, 0.717) is 4.75 Å². The zero-order chi connectivity index (χ0) is 12.9. The van der Waals surface area contributed by atoms with Crippen LogP contribution in [0.4, 0.5) is 0 Å². The maximum atomic E-state index is 3.86. The Bertz CT molecular complexity index is 193. The molecule has 0 saturated heterocycles. The normalized spacial score (nSPS) is 19.1. The molecule has 0 heterocycles. The fourth-order valence-corrected chi connectivity index (χ4v) is 3.68. The Balaban J connectivity index is 2.36. The molecule has 102 valence electrons. The first kappa shape index (κ1) is 15.4. The lowest BCUT2D eigenvalue weighted by Gasteiger charge is -2.42. The van der Waals surface area contributed by atoms with Crippen LogP contribution in [0.15, 0.2) is 0 Å². The third-order valence-corrected chi connectivity index (χ3v) is 5.34. The molecule has 1 rings (SSSR count). The molecule has 1 aliphatic rings. The van der Waals surface area contributed by atoms with Gasteiger partial charge in [-0.1, -0.05) is 34.1 Å². The van der Waals surface area contributed by atoms with Gasteiger partial charge in [-0.2, -0.15) is 11.8 Å². The van der Waals surface area contributed by atoms with Crippen LogP contribution in [0.5, 0.6) is 0 Å². The van der Waals surface area contributed by atoms with Crippen LogP contribution in [0, 0.1) is 11.8 Å². The minimum Gasteiger partial charge on any atom is -0.313 e. The quantitative estimate of drug-likeness (QED) is 0.695. The minimum absolute atomic E-state index is 0.576. The minimum atomic E-state index is 0.576. The number of hydrogen-bond donors (Lipinski definition) is 1. The molecule has 1 saturated carbocycles. The average molecular weight is 257 g/mol. The summed E-state index contributed by atoms with van der Waals surface area (Å²) < 4.78 is 0.576. The molecular formula is C15H31NS. The third-order valence-electron chi connectivity index (χ3n) is 3.92. The molecule has 0 amide bonds. The van der Waals surface area contributed by atoms with Gasteiger partial charge in [0.1, 0.15) is 0 Å². The summed E-state index contributed by atoms with van der Waals surface area (Å²) in [6.07, 6.45) is 9.18. The van der Waals surface area contributed by atoms with E-state index < -0.39 is 0 Å². The Kier molecular flexibility index (Phi) is 6.36. The second-order valence-corrected chi connectivity index (χ2v) is 7.85. The molecule has 0 spiro atoms. The smallest absolute Gasteiger partial charge is 0.0281 e. The van der Waals surface area contributed by atoms with Crippen molar-refractivity contribution in [3.05, 3.63) is 0 Å². The van der Waals surface area contributed by atoms with Gasteiger partial charge >= 0.3 is 0 Å². The van der Waals surface area contributed by atoms with E-state index in [4.69, 9.17) is 0 Å². The molecule has 0 aliphatic heterocycles. The van der Waals surface area contributed by atoms with Gasteiger partial charge in [0, 0.05) is 17.3 Å². The molecule has 1 fully saturated rings. The van der Waals surface area contributed by atoms with Crippen LogP contribution >= 0.6 is 11.8 Å². The molecule has 0 unspecified atom stereocenters. The number of thioether (sulfide) groups is 1. The summed E-state index contributed by atoms with van der Waals surface area (Å²) in [4.78, 5) is 0. The number of hydrogen-bond acceptors (Lipinski definition) is 2. The molecule has 0 aromatic heterocycles. The van der Waals surface area contributed by atoms with Crippen molar-refractivity contribution in [1.82, 2.24) is 5.32 Å². The predicted octanol–water partition coefficient (Wildman–Crippen LogP) is 4.32. The van der Waals surface area contributed by atoms with Gasteiger partial charge in [-0.3, -0.25) is 0 Å². The van der Waals surface area contributed by atoms with Crippen molar-refractivity contribution in [2.75, 3.05) is 12.8 Å². The van der Waals surface area contributed by atoms with E-state index in [1.807, 2.05) is 0 Å². The van der Waals surface area contributed by atoms with Crippen LogP contribution in [0.3, 0.4) is 0 Å². The molecule has 17 heavy (non-hydrogen) atoms. The van der Waals surface area contributed by atoms with Crippen LogP contribution in [0.1, 0.15) is 59.8 Å². The van der Waals surface area contributed by atoms with Crippen LogP contribution in [0.2, 0.25) is 0 Å². The molecule has 1 nitrogen and oxygen atoms in total. The summed E-state index contributed by atoms with van der Waals surface area (Å²) >= 11 is 2.08. The second-order valence-electron chi connectivity index (χ2n) is 6.58. The molecule has 1 N–H and O–H groups in total. The van der Waals surface area contributed by atoms with Crippen molar-refractivity contribution < 1.29 is 0 Å². The monoisotopic (exact) mass is 257 g/mol. The van der Waals surface area contributed by atoms with Crippen LogP contribution in [-0.2, 0) is 0 Å². The van der Waals surface area contributed by atoms with Crippen molar-refractivity contribution >= 4 is 11.8 Å². The summed E-state index contributed by atoms with van der Waals surface area (Å²) in [7, 11) is 0. The van der Waals surface area contributed by atoms with E-state index >= 15 is 0 Å². The lowest BCUT2D eigenvalue weighted by molar-refractivity contribution is 0.296. The van der Waals surface area contributed by atoms with Gasteiger partial charge in [-0.25, -0.2) is 0 Å². The Morgan fingerprint density at radius 2 is 1.59 bits per heavy atom. The third kappa shape index (κ3) is 5.21. The Morgan fingerprint density at radius 1 is 1.06 bits per heavy atom. The van der Waals surface area contributed by atoms with E-state index in [2.05, 4.69) is 51.0 Å². The van der Waals surface area contributed by atoms with E-state index in [1.165, 1.54) is 38.6 Å². The van der Waals surface area contributed by atoms with Crippen molar-refractivity contribution in [2.45, 2.75) is 70.6 Å². The van der Waals surface area contributed by atoms with Crippen LogP contribution in [0.25, 0.3) is 0 Å². The van der Waals surface area contributed by atoms with Gasteiger partial charge < -0.3 is 5.32 Å². The lowest BCUT2D eigenvalue weighted by Crippen LogP contribution is -2.47. The highest BCUT2D eigenvalue weighted by Gasteiger charge is 2.36. The molecule has 0 aromatic rings.